The standard InChI is InChI=1S/C26H24FN5S/c1-17-15-20(18(2)32(17)23-9-4-3-7-21(23)27)25-24(22-8-5-6-12-29-22)30-26(33)31(25)16-19-10-13-28-14-11-19/h3-15,24-25H,16H2,1-2H3,(H,30,33)/t24-,25+/m1/s1. The number of nitrogens with one attached hydrogen (secondary N) is 1. The van der Waals surface area contributed by atoms with Gasteiger partial charge in [-0.2, -0.15) is 0 Å². The minimum absolute atomic E-state index is 0.104. The van der Waals surface area contributed by atoms with Crippen LogP contribution in [0.5, 0.6) is 0 Å². The summed E-state index contributed by atoms with van der Waals surface area (Å²) in [5.41, 5.74) is 5.61. The number of hydrogen-bond acceptors (Lipinski definition) is 3. The van der Waals surface area contributed by atoms with Gasteiger partial charge in [0.1, 0.15) is 5.82 Å². The molecular weight excluding hydrogens is 433 g/mol. The van der Waals surface area contributed by atoms with E-state index in [0.29, 0.717) is 17.3 Å². The smallest absolute Gasteiger partial charge is 0.170 e. The molecule has 1 aliphatic heterocycles. The molecule has 0 aliphatic carbocycles. The second kappa shape index (κ2) is 8.75. The van der Waals surface area contributed by atoms with Crippen LogP contribution in [0.25, 0.3) is 5.69 Å². The number of halogens is 1. The summed E-state index contributed by atoms with van der Waals surface area (Å²) in [4.78, 5) is 10.9. The third-order valence-electron chi connectivity index (χ3n) is 6.18. The minimum atomic E-state index is -0.249. The number of hydrogen-bond donors (Lipinski definition) is 1. The molecule has 0 spiro atoms. The third kappa shape index (κ3) is 3.89. The molecule has 3 aromatic heterocycles. The predicted molar refractivity (Wildman–Crippen MR) is 130 cm³/mol. The zero-order valence-electron chi connectivity index (χ0n) is 18.4. The largest absolute Gasteiger partial charge is 0.352 e. The predicted octanol–water partition coefficient (Wildman–Crippen LogP) is 5.20. The van der Waals surface area contributed by atoms with Crippen molar-refractivity contribution in [2.75, 3.05) is 0 Å². The molecule has 5 nitrogen and oxygen atoms in total. The van der Waals surface area contributed by atoms with Crippen molar-refractivity contribution >= 4 is 17.3 Å². The maximum atomic E-state index is 14.7. The second-order valence-electron chi connectivity index (χ2n) is 8.22. The van der Waals surface area contributed by atoms with E-state index < -0.39 is 0 Å². The number of para-hydroxylation sites is 1. The fourth-order valence-electron chi connectivity index (χ4n) is 4.69. The Morgan fingerprint density at radius 2 is 1.76 bits per heavy atom. The van der Waals surface area contributed by atoms with Crippen LogP contribution in [0.3, 0.4) is 0 Å². The summed E-state index contributed by atoms with van der Waals surface area (Å²) in [7, 11) is 0. The zero-order valence-corrected chi connectivity index (χ0v) is 19.3. The van der Waals surface area contributed by atoms with Gasteiger partial charge in [0.2, 0.25) is 0 Å². The van der Waals surface area contributed by atoms with Gasteiger partial charge in [0, 0.05) is 36.5 Å². The highest BCUT2D eigenvalue weighted by Gasteiger charge is 2.41. The van der Waals surface area contributed by atoms with E-state index in [0.717, 1.165) is 28.2 Å². The van der Waals surface area contributed by atoms with E-state index in [-0.39, 0.29) is 17.9 Å². The van der Waals surface area contributed by atoms with E-state index in [1.165, 1.54) is 6.07 Å². The van der Waals surface area contributed by atoms with Crippen LogP contribution in [0.4, 0.5) is 4.39 Å². The average molecular weight is 458 g/mol. The fourth-order valence-corrected chi connectivity index (χ4v) is 5.00. The zero-order chi connectivity index (χ0) is 22.9. The number of pyridine rings is 2. The van der Waals surface area contributed by atoms with Crippen LogP contribution in [0, 0.1) is 19.7 Å². The van der Waals surface area contributed by atoms with Crippen molar-refractivity contribution in [1.29, 1.82) is 0 Å². The molecule has 1 aliphatic rings. The van der Waals surface area contributed by atoms with Crippen LogP contribution in [0.1, 0.15) is 40.3 Å². The van der Waals surface area contributed by atoms with Gasteiger partial charge in [-0.3, -0.25) is 9.97 Å². The molecule has 0 unspecified atom stereocenters. The molecule has 2 atom stereocenters. The number of thiocarbonyl (C=S) groups is 1. The Balaban J connectivity index is 1.63. The minimum Gasteiger partial charge on any atom is -0.352 e. The van der Waals surface area contributed by atoms with Crippen LogP contribution in [0.2, 0.25) is 0 Å². The summed E-state index contributed by atoms with van der Waals surface area (Å²) in [6.07, 6.45) is 5.37. The summed E-state index contributed by atoms with van der Waals surface area (Å²) >= 11 is 5.80. The normalized spacial score (nSPS) is 17.9. The van der Waals surface area contributed by atoms with Crippen molar-refractivity contribution in [2.24, 2.45) is 0 Å². The summed E-state index contributed by atoms with van der Waals surface area (Å²) < 4.78 is 16.7. The summed E-state index contributed by atoms with van der Waals surface area (Å²) in [5, 5.41) is 4.16. The molecule has 0 radical (unpaired) electrons. The monoisotopic (exact) mass is 457 g/mol. The lowest BCUT2D eigenvalue weighted by atomic mass is 9.96. The van der Waals surface area contributed by atoms with E-state index >= 15 is 0 Å². The molecule has 1 aromatic carbocycles. The van der Waals surface area contributed by atoms with E-state index in [1.54, 1.807) is 24.7 Å². The molecule has 1 saturated heterocycles. The lowest BCUT2D eigenvalue weighted by Gasteiger charge is -2.28. The van der Waals surface area contributed by atoms with Gasteiger partial charge < -0.3 is 14.8 Å². The third-order valence-corrected chi connectivity index (χ3v) is 6.53. The Kier molecular flexibility index (Phi) is 5.64. The van der Waals surface area contributed by atoms with Crippen molar-refractivity contribution in [2.45, 2.75) is 32.5 Å². The molecule has 5 rings (SSSR count). The Hall–Kier alpha value is -3.58. The Morgan fingerprint density at radius 3 is 2.48 bits per heavy atom. The van der Waals surface area contributed by atoms with E-state index in [9.17, 15) is 4.39 Å². The van der Waals surface area contributed by atoms with Gasteiger partial charge in [0.25, 0.3) is 0 Å². The average Bonchev–Trinajstić information content (AvgIpc) is 3.30. The van der Waals surface area contributed by atoms with Crippen LogP contribution in [0.15, 0.2) is 79.3 Å². The molecule has 0 bridgehead atoms. The summed E-state index contributed by atoms with van der Waals surface area (Å²) in [6, 6.07) is 18.7. The first-order valence-electron chi connectivity index (χ1n) is 10.9. The molecule has 7 heteroatoms. The molecule has 166 valence electrons. The lowest BCUT2D eigenvalue weighted by Crippen LogP contribution is -2.29. The van der Waals surface area contributed by atoms with Gasteiger partial charge in [-0.05, 0) is 79.7 Å². The molecule has 4 heterocycles. The van der Waals surface area contributed by atoms with E-state index in [1.807, 2.05) is 60.9 Å². The topological polar surface area (TPSA) is 46.0 Å². The Bertz CT molecular complexity index is 1290. The van der Waals surface area contributed by atoms with Crippen molar-refractivity contribution < 1.29 is 4.39 Å². The number of aromatic nitrogens is 3. The summed E-state index contributed by atoms with van der Waals surface area (Å²) in [6.45, 7) is 4.68. The molecule has 0 saturated carbocycles. The van der Waals surface area contributed by atoms with Crippen LogP contribution in [-0.2, 0) is 6.54 Å². The second-order valence-corrected chi connectivity index (χ2v) is 8.61. The number of aryl methyl sites for hydroxylation is 1. The Labute approximate surface area is 197 Å². The maximum absolute atomic E-state index is 14.7. The number of rotatable bonds is 5. The van der Waals surface area contributed by atoms with Crippen molar-refractivity contribution in [3.05, 3.63) is 113 Å². The van der Waals surface area contributed by atoms with E-state index in [4.69, 9.17) is 12.2 Å². The highest BCUT2D eigenvalue weighted by Crippen LogP contribution is 2.42. The SMILES string of the molecule is Cc1cc([C@H]2[C@@H](c3ccccn3)NC(=S)N2Cc2ccncc2)c(C)n1-c1ccccc1F. The maximum Gasteiger partial charge on any atom is 0.170 e. The van der Waals surface area contributed by atoms with Gasteiger partial charge in [-0.15, -0.1) is 0 Å². The number of nitrogens with zero attached hydrogens (tertiary/aromatic N) is 4. The van der Waals surface area contributed by atoms with Crippen molar-refractivity contribution in [1.82, 2.24) is 24.8 Å². The fraction of sp³-hybridized carbons (Fsp3) is 0.192. The molecule has 0 amide bonds. The van der Waals surface area contributed by atoms with Gasteiger partial charge in [-0.1, -0.05) is 18.2 Å². The van der Waals surface area contributed by atoms with Gasteiger partial charge in [0.15, 0.2) is 5.11 Å². The molecular formula is C26H24FN5S. The van der Waals surface area contributed by atoms with Gasteiger partial charge in [-0.25, -0.2) is 4.39 Å². The molecule has 1 N–H and O–H groups in total. The molecule has 1 fully saturated rings. The first-order valence-corrected chi connectivity index (χ1v) is 11.3. The van der Waals surface area contributed by atoms with Crippen LogP contribution < -0.4 is 5.32 Å². The molecule has 33 heavy (non-hydrogen) atoms. The molecule has 4 aromatic rings. The van der Waals surface area contributed by atoms with Gasteiger partial charge >= 0.3 is 0 Å². The van der Waals surface area contributed by atoms with Gasteiger partial charge in [0.05, 0.1) is 23.5 Å². The highest BCUT2D eigenvalue weighted by molar-refractivity contribution is 7.80. The first kappa shape index (κ1) is 21.3. The van der Waals surface area contributed by atoms with Crippen LogP contribution in [-0.4, -0.2) is 24.5 Å². The Morgan fingerprint density at radius 1 is 1.00 bits per heavy atom. The quantitative estimate of drug-likeness (QED) is 0.418. The van der Waals surface area contributed by atoms with Crippen LogP contribution >= 0.6 is 12.2 Å². The lowest BCUT2D eigenvalue weighted by molar-refractivity contribution is 0.310. The first-order chi connectivity index (χ1) is 16.0. The van der Waals surface area contributed by atoms with E-state index in [2.05, 4.69) is 26.3 Å². The summed E-state index contributed by atoms with van der Waals surface area (Å²) in [5.74, 6) is -0.249. The van der Waals surface area contributed by atoms with Crippen molar-refractivity contribution in [3.63, 3.8) is 0 Å². The van der Waals surface area contributed by atoms with Crippen molar-refractivity contribution in [3.8, 4) is 5.69 Å². The number of benzene rings is 1. The highest BCUT2D eigenvalue weighted by atomic mass is 32.1.